The van der Waals surface area contributed by atoms with Crippen molar-refractivity contribution in [3.63, 3.8) is 0 Å². The molecule has 0 unspecified atom stereocenters. The van der Waals surface area contributed by atoms with Gasteiger partial charge >= 0.3 is 0 Å². The monoisotopic (exact) mass is 1620 g/mol. The lowest BCUT2D eigenvalue weighted by molar-refractivity contribution is 0.397. The molecule has 14 aromatic rings. The van der Waals surface area contributed by atoms with E-state index in [2.05, 4.69) is 113 Å². The van der Waals surface area contributed by atoms with Crippen LogP contribution in [0.1, 0.15) is 261 Å². The summed E-state index contributed by atoms with van der Waals surface area (Å²) in [7, 11) is 3.83. The molecule has 0 radical (unpaired) electrons. The van der Waals surface area contributed by atoms with Gasteiger partial charge in [0.05, 0.1) is 49.0 Å². The molecule has 0 atom stereocenters. The number of nitrogens with one attached hydrogen (secondary N) is 6. The van der Waals surface area contributed by atoms with E-state index in [4.69, 9.17) is 0 Å². The van der Waals surface area contributed by atoms with Crippen molar-refractivity contribution in [3.8, 4) is 0 Å². The molecule has 0 fully saturated rings. The SMILES string of the molecule is CC.CC.CC.CC.CC.CC.CC.CC.CC.CC.CC.CC.CC.CC.Cc1ccn[nH]1.Cc1ccn[nH]1.Cc1ccno1.Cc1ccns1.Cc1ccon1.Cc1ccsn1.Cc1cn[nH]c1.Cc1cnc[nH]1.Cc1cnc[nH]1.Cc1cnoc1.Cc1cnsc1.Cc1ncc[nH]1.Cn1cccn1.Cn1ccnc1. The molecule has 644 valence electrons. The van der Waals surface area contributed by atoms with Crippen LogP contribution in [0.15, 0.2) is 197 Å². The first-order chi connectivity index (χ1) is 54.5. The maximum Gasteiger partial charge on any atom is 0.133 e. The molecule has 0 saturated carbocycles. The third kappa shape index (κ3) is 127. The molecular formula is C84H162N22O3S3. The van der Waals surface area contributed by atoms with Gasteiger partial charge in [0.25, 0.3) is 0 Å². The summed E-state index contributed by atoms with van der Waals surface area (Å²) in [4.78, 5) is 25.1. The Morgan fingerprint density at radius 1 is 0.420 bits per heavy atom. The molecule has 0 aliphatic heterocycles. The van der Waals surface area contributed by atoms with Crippen molar-refractivity contribution in [2.24, 2.45) is 14.1 Å². The van der Waals surface area contributed by atoms with Crippen molar-refractivity contribution in [1.82, 2.24) is 108 Å². The summed E-state index contributed by atoms with van der Waals surface area (Å²) < 4.78 is 28.8. The Hall–Kier alpha value is -9.80. The molecule has 0 aromatic carbocycles. The van der Waals surface area contributed by atoms with E-state index in [-0.39, 0.29) is 0 Å². The molecule has 14 heterocycles. The van der Waals surface area contributed by atoms with Crippen molar-refractivity contribution in [3.05, 3.63) is 251 Å². The lowest BCUT2D eigenvalue weighted by atomic mass is 10.4. The summed E-state index contributed by atoms with van der Waals surface area (Å²) in [5, 5.41) is 37.5. The molecule has 0 amide bonds. The highest BCUT2D eigenvalue weighted by molar-refractivity contribution is 7.05. The number of rotatable bonds is 0. The van der Waals surface area contributed by atoms with Crippen LogP contribution < -0.4 is 0 Å². The Morgan fingerprint density at radius 3 is 1.06 bits per heavy atom. The number of hydrogen-bond donors (Lipinski definition) is 6. The Morgan fingerprint density at radius 2 is 0.955 bits per heavy atom. The van der Waals surface area contributed by atoms with Crippen LogP contribution in [0.4, 0.5) is 0 Å². The second-order valence-corrected chi connectivity index (χ2v) is 19.1. The summed E-state index contributed by atoms with van der Waals surface area (Å²) in [6.07, 6.45) is 36.6. The number of imidazole rings is 4. The first-order valence-electron chi connectivity index (χ1n) is 39.3. The van der Waals surface area contributed by atoms with E-state index in [1.54, 1.807) is 123 Å². The average molecular weight is 1620 g/mol. The Bertz CT molecular complexity index is 2430. The third-order valence-electron chi connectivity index (χ3n) is 8.47. The molecule has 0 bridgehead atoms. The highest BCUT2D eigenvalue weighted by Gasteiger charge is 1.83. The van der Waals surface area contributed by atoms with E-state index in [1.807, 2.05) is 361 Å². The van der Waals surface area contributed by atoms with Crippen LogP contribution >= 0.6 is 34.6 Å². The highest BCUT2D eigenvalue weighted by atomic mass is 32.1. The van der Waals surface area contributed by atoms with Crippen molar-refractivity contribution in [2.75, 3.05) is 0 Å². The molecule has 112 heavy (non-hydrogen) atoms. The number of H-pyrrole nitrogens is 6. The minimum Gasteiger partial charge on any atom is -0.365 e. The van der Waals surface area contributed by atoms with Crippen LogP contribution in [0.5, 0.6) is 0 Å². The molecule has 14 rings (SSSR count). The van der Waals surface area contributed by atoms with Crippen LogP contribution in [-0.4, -0.2) is 108 Å². The van der Waals surface area contributed by atoms with Crippen LogP contribution in [-0.2, 0) is 14.1 Å². The van der Waals surface area contributed by atoms with Crippen molar-refractivity contribution in [2.45, 2.75) is 277 Å². The van der Waals surface area contributed by atoms with Gasteiger partial charge in [0.1, 0.15) is 24.1 Å². The second kappa shape index (κ2) is 131. The zero-order valence-corrected chi connectivity index (χ0v) is 80.4. The Kier molecular flexibility index (Phi) is 157. The number of nitrogens with zero attached hydrogens (tertiary/aromatic N) is 16. The van der Waals surface area contributed by atoms with Gasteiger partial charge in [0, 0.05) is 151 Å². The predicted octanol–water partition coefficient (Wildman–Crippen LogP) is 26.8. The predicted molar refractivity (Wildman–Crippen MR) is 490 cm³/mol. The van der Waals surface area contributed by atoms with Gasteiger partial charge in [-0.25, -0.2) is 28.7 Å². The Balaban J connectivity index is -0.0000000751. The summed E-state index contributed by atoms with van der Waals surface area (Å²) in [6.45, 7) is 79.5. The molecule has 0 saturated heterocycles. The minimum atomic E-state index is 0.856. The molecule has 14 aromatic heterocycles. The van der Waals surface area contributed by atoms with Gasteiger partial charge in [-0.2, -0.15) is 24.8 Å². The average Bonchev–Trinajstić information content (AvgIpc) is 4.71. The van der Waals surface area contributed by atoms with Gasteiger partial charge < -0.3 is 33.1 Å². The zero-order valence-electron chi connectivity index (χ0n) is 77.9. The summed E-state index contributed by atoms with van der Waals surface area (Å²) in [6, 6.07) is 13.3. The van der Waals surface area contributed by atoms with Gasteiger partial charge in [-0.3, -0.25) is 20.0 Å². The molecule has 0 aliphatic rings. The van der Waals surface area contributed by atoms with Crippen LogP contribution in [0.2, 0.25) is 0 Å². The third-order valence-corrected chi connectivity index (χ3v) is 10.5. The highest BCUT2D eigenvalue weighted by Crippen LogP contribution is 1.99. The number of aryl methyl sites for hydroxylation is 14. The van der Waals surface area contributed by atoms with Crippen molar-refractivity contribution >= 4 is 34.6 Å². The first-order valence-corrected chi connectivity index (χ1v) is 41.8. The maximum atomic E-state index is 4.58. The van der Waals surface area contributed by atoms with E-state index in [1.165, 1.54) is 50.6 Å². The fourth-order valence-corrected chi connectivity index (χ4v) is 5.72. The number of aromatic nitrogens is 22. The van der Waals surface area contributed by atoms with E-state index in [0.29, 0.717) is 0 Å². The molecule has 0 aliphatic carbocycles. The van der Waals surface area contributed by atoms with E-state index < -0.39 is 0 Å². The van der Waals surface area contributed by atoms with E-state index in [9.17, 15) is 0 Å². The molecule has 28 heteroatoms. The van der Waals surface area contributed by atoms with Crippen molar-refractivity contribution in [1.29, 1.82) is 0 Å². The maximum absolute atomic E-state index is 4.58. The topological polar surface area (TPSA) is 324 Å². The largest absolute Gasteiger partial charge is 0.365 e. The molecule has 6 N–H and O–H groups in total. The van der Waals surface area contributed by atoms with Gasteiger partial charge in [-0.1, -0.05) is 209 Å². The first kappa shape index (κ1) is 135. The quantitative estimate of drug-likeness (QED) is 0.0821. The summed E-state index contributed by atoms with van der Waals surface area (Å²) >= 11 is 4.51. The van der Waals surface area contributed by atoms with Gasteiger partial charge in [-0.15, -0.1) is 0 Å². The van der Waals surface area contributed by atoms with Gasteiger partial charge in [0.2, 0.25) is 0 Å². The zero-order chi connectivity index (χ0) is 89.7. The summed E-state index contributed by atoms with van der Waals surface area (Å²) in [5.74, 6) is 1.82. The fourth-order valence-electron chi connectivity index (χ4n) is 4.25. The van der Waals surface area contributed by atoms with Gasteiger partial charge in [0.15, 0.2) is 0 Å². The normalized spacial score (nSPS) is 7.38. The van der Waals surface area contributed by atoms with Crippen LogP contribution in [0.3, 0.4) is 0 Å². The fraction of sp³-hybridized carbons (Fsp3) is 0.500. The standard InChI is InChI=1S/8C4H6N2.3C4H5NO.3C4H5NS.14C2H6/c2*1-4-2-5-3-6-4;1-4-2-5-6-3-4;1-6-3-2-5-4-6;1-6-4-2-3-5-6;1-4-5-2-3-6-4;2*1-4-2-3-5-6-4;1-4-2-5-6-3-4;1-4-2-3-6-5-4;1-4-2-3-5-6-4;1-4-2-5-6-3-4;1-4-2-3-6-5-4;1-4-2-3-5-6-4;14*1-2/h3*2-3H,1H3,(H,5,6);2*2-4H,1H3;3*2-3H,1H3,(H,5,6);6*2-3H,1H3;14*1-2H3. The summed E-state index contributed by atoms with van der Waals surface area (Å²) in [5.41, 5.74) is 9.95. The van der Waals surface area contributed by atoms with Crippen LogP contribution in [0, 0.1) is 83.1 Å². The Labute approximate surface area is 694 Å². The molecule has 0 spiro atoms. The number of aromatic amines is 6. The minimum absolute atomic E-state index is 0.856. The van der Waals surface area contributed by atoms with Crippen LogP contribution in [0.25, 0.3) is 0 Å². The van der Waals surface area contributed by atoms with E-state index in [0.717, 1.165) is 51.3 Å². The lowest BCUT2D eigenvalue weighted by Crippen LogP contribution is -1.83. The second-order valence-electron chi connectivity index (χ2n) is 16.7. The lowest BCUT2D eigenvalue weighted by Gasteiger charge is -1.77. The molecular weight excluding hydrogens is 1460 g/mol. The number of hydrogen-bond acceptors (Lipinski definition) is 20. The van der Waals surface area contributed by atoms with Gasteiger partial charge in [-0.05, 0) is 159 Å². The molecule has 25 nitrogen and oxygen atoms in total. The van der Waals surface area contributed by atoms with E-state index >= 15 is 0 Å². The smallest absolute Gasteiger partial charge is 0.133 e. The van der Waals surface area contributed by atoms with Crippen molar-refractivity contribution < 1.29 is 13.6 Å².